The lowest BCUT2D eigenvalue weighted by Gasteiger charge is -2.13. The van der Waals surface area contributed by atoms with Crippen molar-refractivity contribution in [3.05, 3.63) is 65.5 Å². The summed E-state index contributed by atoms with van der Waals surface area (Å²) in [4.78, 5) is 14.5. The van der Waals surface area contributed by atoms with Crippen molar-refractivity contribution >= 4 is 65.7 Å². The van der Waals surface area contributed by atoms with Gasteiger partial charge in [0.2, 0.25) is 0 Å². The average molecular weight is 496 g/mol. The topological polar surface area (TPSA) is 147 Å². The first-order valence-corrected chi connectivity index (χ1v) is 13.0. The maximum atomic E-state index is 12.6. The molecular weight excluding hydrogens is 482 g/mol. The Balaban J connectivity index is 1.55. The van der Waals surface area contributed by atoms with Crippen LogP contribution in [-0.4, -0.2) is 31.5 Å². The Labute approximate surface area is 185 Å². The summed E-state index contributed by atoms with van der Waals surface area (Å²) in [5.41, 5.74) is 2.62. The van der Waals surface area contributed by atoms with Crippen molar-refractivity contribution < 1.29 is 21.6 Å². The molecule has 0 fully saturated rings. The molecule has 0 saturated carbocycles. The maximum Gasteiger partial charge on any atom is 0.271 e. The van der Waals surface area contributed by atoms with Gasteiger partial charge in [-0.05, 0) is 35.7 Å². The molecule has 31 heavy (non-hydrogen) atoms. The standard InChI is InChI=1S/C17H13N5O5S4/c23-17(18-22-30(24,25)14-8-3-7-13-16(14)20-29-19-13)11-5-1-2-6-12(11)21-31(26,27)15-9-4-10-28-15/h1-10,21-22H,(H,18,23). The first-order chi connectivity index (χ1) is 14.8. The molecule has 0 radical (unpaired) electrons. The molecule has 2 aromatic carbocycles. The smallest absolute Gasteiger partial charge is 0.271 e. The van der Waals surface area contributed by atoms with E-state index in [-0.39, 0.29) is 25.9 Å². The van der Waals surface area contributed by atoms with Crippen LogP contribution < -0.4 is 15.0 Å². The van der Waals surface area contributed by atoms with E-state index in [0.29, 0.717) is 5.52 Å². The third kappa shape index (κ3) is 4.42. The molecular formula is C17H13N5O5S4. The summed E-state index contributed by atoms with van der Waals surface area (Å²) < 4.78 is 60.7. The molecule has 0 spiro atoms. The number of amides is 1. The molecule has 0 aliphatic carbocycles. The quantitative estimate of drug-likeness (QED) is 0.333. The van der Waals surface area contributed by atoms with Crippen molar-refractivity contribution in [3.63, 3.8) is 0 Å². The van der Waals surface area contributed by atoms with E-state index in [1.807, 2.05) is 4.83 Å². The summed E-state index contributed by atoms with van der Waals surface area (Å²) in [6.45, 7) is 0. The zero-order chi connectivity index (χ0) is 22.1. The third-order valence-electron chi connectivity index (χ3n) is 4.01. The van der Waals surface area contributed by atoms with Gasteiger partial charge in [-0.2, -0.15) is 8.75 Å². The number of rotatable bonds is 7. The van der Waals surface area contributed by atoms with Crippen molar-refractivity contribution in [2.75, 3.05) is 4.72 Å². The van der Waals surface area contributed by atoms with Crippen LogP contribution in [0, 0.1) is 0 Å². The number of hydrogen-bond acceptors (Lipinski definition) is 9. The van der Waals surface area contributed by atoms with Gasteiger partial charge in [0, 0.05) is 0 Å². The minimum Gasteiger partial charge on any atom is -0.278 e. The number of carbonyl (C=O) groups is 1. The second-order valence-corrected chi connectivity index (χ2v) is 11.1. The van der Waals surface area contributed by atoms with Crippen LogP contribution in [0.25, 0.3) is 11.0 Å². The number of anilines is 1. The van der Waals surface area contributed by atoms with Crippen LogP contribution in [0.15, 0.2) is 69.1 Å². The number of benzene rings is 2. The Kier molecular flexibility index (Phi) is 5.72. The van der Waals surface area contributed by atoms with Crippen LogP contribution in [-0.2, 0) is 20.0 Å². The van der Waals surface area contributed by atoms with E-state index in [1.54, 1.807) is 23.6 Å². The van der Waals surface area contributed by atoms with E-state index in [1.165, 1.54) is 36.4 Å². The third-order valence-corrected chi connectivity index (χ3v) is 8.60. The van der Waals surface area contributed by atoms with E-state index >= 15 is 0 Å². The second-order valence-electron chi connectivity index (χ2n) is 6.03. The molecule has 0 saturated heterocycles. The highest BCUT2D eigenvalue weighted by Gasteiger charge is 2.23. The van der Waals surface area contributed by atoms with Crippen molar-refractivity contribution in [1.29, 1.82) is 0 Å². The van der Waals surface area contributed by atoms with Gasteiger partial charge in [0.05, 0.1) is 23.0 Å². The molecule has 0 atom stereocenters. The molecule has 14 heteroatoms. The minimum absolute atomic E-state index is 0.00148. The first-order valence-electron chi connectivity index (χ1n) is 8.47. The fourth-order valence-electron chi connectivity index (χ4n) is 2.62. The predicted molar refractivity (Wildman–Crippen MR) is 117 cm³/mol. The number of aromatic nitrogens is 2. The summed E-state index contributed by atoms with van der Waals surface area (Å²) in [5, 5.41) is 1.61. The first kappa shape index (κ1) is 21.3. The number of para-hydroxylation sites is 1. The summed E-state index contributed by atoms with van der Waals surface area (Å²) in [6, 6.07) is 13.3. The Hall–Kier alpha value is -2.91. The molecule has 0 aliphatic rings. The SMILES string of the molecule is O=C(NNS(=O)(=O)c1cccc2nsnc12)c1ccccc1NS(=O)(=O)c1cccs1. The lowest BCUT2D eigenvalue weighted by molar-refractivity contribution is 0.0946. The van der Waals surface area contributed by atoms with E-state index in [4.69, 9.17) is 0 Å². The van der Waals surface area contributed by atoms with Gasteiger partial charge in [-0.3, -0.25) is 14.9 Å². The predicted octanol–water partition coefficient (Wildman–Crippen LogP) is 2.18. The lowest BCUT2D eigenvalue weighted by atomic mass is 10.2. The Bertz CT molecular complexity index is 1460. The van der Waals surface area contributed by atoms with Crippen LogP contribution in [0.2, 0.25) is 0 Å². The fraction of sp³-hybridized carbons (Fsp3) is 0. The van der Waals surface area contributed by atoms with Gasteiger partial charge in [-0.15, -0.1) is 16.2 Å². The van der Waals surface area contributed by atoms with E-state index < -0.39 is 26.0 Å². The molecule has 0 bridgehead atoms. The highest BCUT2D eigenvalue weighted by Crippen LogP contribution is 2.23. The summed E-state index contributed by atoms with van der Waals surface area (Å²) in [7, 11) is -8.05. The van der Waals surface area contributed by atoms with Gasteiger partial charge in [-0.25, -0.2) is 16.8 Å². The summed E-state index contributed by atoms with van der Waals surface area (Å²) in [5.74, 6) is -0.850. The molecule has 1 amide bonds. The number of sulfonamides is 2. The fourth-order valence-corrected chi connectivity index (χ4v) is 6.30. The number of carbonyl (C=O) groups excluding carboxylic acids is 1. The molecule has 4 aromatic rings. The zero-order valence-electron chi connectivity index (χ0n) is 15.3. The number of fused-ring (bicyclic) bond motifs is 1. The molecule has 10 nitrogen and oxygen atoms in total. The van der Waals surface area contributed by atoms with E-state index in [9.17, 15) is 21.6 Å². The van der Waals surface area contributed by atoms with Crippen LogP contribution in [0.5, 0.6) is 0 Å². The summed E-state index contributed by atoms with van der Waals surface area (Å²) >= 11 is 1.89. The Morgan fingerprint density at radius 3 is 2.45 bits per heavy atom. The highest BCUT2D eigenvalue weighted by molar-refractivity contribution is 7.94. The lowest BCUT2D eigenvalue weighted by Crippen LogP contribution is -2.41. The number of hydrazine groups is 1. The van der Waals surface area contributed by atoms with Crippen molar-refractivity contribution in [1.82, 2.24) is 19.0 Å². The second kappa shape index (κ2) is 8.32. The summed E-state index contributed by atoms with van der Waals surface area (Å²) in [6.07, 6.45) is 0. The van der Waals surface area contributed by atoms with E-state index in [0.717, 1.165) is 23.1 Å². The van der Waals surface area contributed by atoms with Gasteiger partial charge >= 0.3 is 0 Å². The molecule has 160 valence electrons. The van der Waals surface area contributed by atoms with Gasteiger partial charge in [0.25, 0.3) is 26.0 Å². The number of nitrogens with one attached hydrogen (secondary N) is 3. The Morgan fingerprint density at radius 1 is 0.871 bits per heavy atom. The normalized spacial score (nSPS) is 12.0. The molecule has 2 heterocycles. The van der Waals surface area contributed by atoms with Crippen LogP contribution in [0.1, 0.15) is 10.4 Å². The van der Waals surface area contributed by atoms with Crippen LogP contribution >= 0.6 is 23.1 Å². The van der Waals surface area contributed by atoms with Gasteiger partial charge < -0.3 is 0 Å². The highest BCUT2D eigenvalue weighted by atomic mass is 32.2. The minimum atomic E-state index is -4.16. The van der Waals surface area contributed by atoms with Gasteiger partial charge in [-0.1, -0.05) is 24.3 Å². The monoisotopic (exact) mass is 495 g/mol. The van der Waals surface area contributed by atoms with Crippen molar-refractivity contribution in [2.24, 2.45) is 0 Å². The van der Waals surface area contributed by atoms with E-state index in [2.05, 4.69) is 18.9 Å². The zero-order valence-corrected chi connectivity index (χ0v) is 18.6. The largest absolute Gasteiger partial charge is 0.278 e. The molecule has 2 aromatic heterocycles. The molecule has 4 rings (SSSR count). The van der Waals surface area contributed by atoms with Gasteiger partial charge in [0.1, 0.15) is 20.1 Å². The molecule has 0 unspecified atom stereocenters. The van der Waals surface area contributed by atoms with Crippen LogP contribution in [0.3, 0.4) is 0 Å². The van der Waals surface area contributed by atoms with Crippen LogP contribution in [0.4, 0.5) is 5.69 Å². The number of thiophene rings is 1. The number of hydrogen-bond donors (Lipinski definition) is 3. The molecule has 3 N–H and O–H groups in total. The number of nitrogens with zero attached hydrogens (tertiary/aromatic N) is 2. The van der Waals surface area contributed by atoms with Crippen molar-refractivity contribution in [3.8, 4) is 0 Å². The van der Waals surface area contributed by atoms with Gasteiger partial charge in [0.15, 0.2) is 0 Å². The average Bonchev–Trinajstić information content (AvgIpc) is 3.44. The van der Waals surface area contributed by atoms with Crippen molar-refractivity contribution in [2.45, 2.75) is 9.10 Å². The maximum absolute atomic E-state index is 12.6. The Morgan fingerprint density at radius 2 is 1.68 bits per heavy atom. The molecule has 0 aliphatic heterocycles.